The number of carboxylic acids is 1. The Labute approximate surface area is 188 Å². The lowest BCUT2D eigenvalue weighted by Gasteiger charge is -2.15. The van der Waals surface area contributed by atoms with E-state index >= 15 is 0 Å². The minimum absolute atomic E-state index is 0.0442. The molecule has 152 valence electrons. The number of carboxylic acid groups (broad SMARTS) is 1. The van der Waals surface area contributed by atoms with Crippen LogP contribution in [0.15, 0.2) is 65.1 Å². The van der Waals surface area contributed by atoms with Crippen molar-refractivity contribution in [1.29, 1.82) is 0 Å². The Morgan fingerprint density at radius 2 is 1.87 bits per heavy atom. The number of nitrogens with zero attached hydrogens (tertiary/aromatic N) is 1. The Balaban J connectivity index is 1.72. The predicted molar refractivity (Wildman–Crippen MR) is 122 cm³/mol. The molecule has 1 aliphatic rings. The summed E-state index contributed by atoms with van der Waals surface area (Å²) >= 11 is 9.88. The van der Waals surface area contributed by atoms with Gasteiger partial charge in [-0.05, 0) is 66.8 Å². The Morgan fingerprint density at radius 1 is 1.07 bits per heavy atom. The quantitative estimate of drug-likeness (QED) is 0.415. The SMILES string of the molecule is O=C(O)c1cccc(C2=C(c3cc(Cl)ccc3OCc3ccccc3Br)CCC2)n1. The van der Waals surface area contributed by atoms with Crippen LogP contribution in [0.5, 0.6) is 5.75 Å². The molecule has 0 bridgehead atoms. The highest BCUT2D eigenvalue weighted by Crippen LogP contribution is 2.43. The van der Waals surface area contributed by atoms with Crippen molar-refractivity contribution in [2.45, 2.75) is 25.9 Å². The number of carbonyl (C=O) groups is 1. The molecule has 1 aromatic heterocycles. The number of allylic oxidation sites excluding steroid dienone is 2. The zero-order chi connectivity index (χ0) is 21.1. The average Bonchev–Trinajstić information content (AvgIpc) is 3.24. The molecule has 4 nitrogen and oxygen atoms in total. The van der Waals surface area contributed by atoms with Crippen LogP contribution in [-0.4, -0.2) is 16.1 Å². The first-order chi connectivity index (χ1) is 14.5. The van der Waals surface area contributed by atoms with Gasteiger partial charge in [-0.3, -0.25) is 0 Å². The van der Waals surface area contributed by atoms with Gasteiger partial charge in [-0.15, -0.1) is 0 Å². The fraction of sp³-hybridized carbons (Fsp3) is 0.167. The third-order valence-electron chi connectivity index (χ3n) is 5.10. The van der Waals surface area contributed by atoms with Gasteiger partial charge in [0.05, 0.1) is 5.69 Å². The van der Waals surface area contributed by atoms with E-state index in [4.69, 9.17) is 16.3 Å². The molecule has 4 rings (SSSR count). The van der Waals surface area contributed by atoms with Crippen molar-refractivity contribution in [2.75, 3.05) is 0 Å². The molecule has 0 unspecified atom stereocenters. The van der Waals surface area contributed by atoms with E-state index in [1.807, 2.05) is 48.5 Å². The highest BCUT2D eigenvalue weighted by atomic mass is 79.9. The second-order valence-electron chi connectivity index (χ2n) is 7.04. The number of hydrogen-bond donors (Lipinski definition) is 1. The Bertz CT molecular complexity index is 1140. The number of aromatic nitrogens is 1. The number of hydrogen-bond acceptors (Lipinski definition) is 3. The summed E-state index contributed by atoms with van der Waals surface area (Å²) in [5.74, 6) is -0.281. The third-order valence-corrected chi connectivity index (χ3v) is 6.11. The molecule has 1 N–H and O–H groups in total. The molecule has 0 fully saturated rings. The van der Waals surface area contributed by atoms with Crippen molar-refractivity contribution in [3.63, 3.8) is 0 Å². The molecule has 30 heavy (non-hydrogen) atoms. The van der Waals surface area contributed by atoms with Crippen molar-refractivity contribution in [2.24, 2.45) is 0 Å². The molecule has 3 aromatic rings. The predicted octanol–water partition coefficient (Wildman–Crippen LogP) is 6.87. The van der Waals surface area contributed by atoms with Crippen molar-refractivity contribution in [3.05, 3.63) is 92.7 Å². The van der Waals surface area contributed by atoms with Gasteiger partial charge in [-0.2, -0.15) is 0 Å². The first kappa shape index (κ1) is 20.6. The number of halogens is 2. The van der Waals surface area contributed by atoms with Crippen molar-refractivity contribution < 1.29 is 14.6 Å². The largest absolute Gasteiger partial charge is 0.488 e. The molecule has 1 aliphatic carbocycles. The summed E-state index contributed by atoms with van der Waals surface area (Å²) < 4.78 is 7.18. The van der Waals surface area contributed by atoms with E-state index in [1.165, 1.54) is 6.07 Å². The number of rotatable bonds is 6. The van der Waals surface area contributed by atoms with Crippen molar-refractivity contribution in [1.82, 2.24) is 4.98 Å². The first-order valence-corrected chi connectivity index (χ1v) is 10.8. The molecular formula is C24H19BrClNO3. The highest BCUT2D eigenvalue weighted by molar-refractivity contribution is 9.10. The summed E-state index contributed by atoms with van der Waals surface area (Å²) in [4.78, 5) is 15.7. The lowest BCUT2D eigenvalue weighted by atomic mass is 9.99. The van der Waals surface area contributed by atoms with Crippen LogP contribution in [0.3, 0.4) is 0 Å². The van der Waals surface area contributed by atoms with Crippen LogP contribution in [0.4, 0.5) is 0 Å². The van der Waals surface area contributed by atoms with Gasteiger partial charge < -0.3 is 9.84 Å². The maximum Gasteiger partial charge on any atom is 0.354 e. The van der Waals surface area contributed by atoms with Crippen molar-refractivity contribution >= 4 is 44.6 Å². The first-order valence-electron chi connectivity index (χ1n) is 9.62. The van der Waals surface area contributed by atoms with E-state index in [0.29, 0.717) is 17.3 Å². The van der Waals surface area contributed by atoms with Crippen molar-refractivity contribution in [3.8, 4) is 5.75 Å². The summed E-state index contributed by atoms with van der Waals surface area (Å²) in [5, 5.41) is 9.93. The van der Waals surface area contributed by atoms with Crippen LogP contribution >= 0.6 is 27.5 Å². The van der Waals surface area contributed by atoms with E-state index in [0.717, 1.165) is 51.8 Å². The maximum absolute atomic E-state index is 11.3. The second kappa shape index (κ2) is 9.02. The summed E-state index contributed by atoms with van der Waals surface area (Å²) in [7, 11) is 0. The zero-order valence-electron chi connectivity index (χ0n) is 16.1. The van der Waals surface area contributed by atoms with Gasteiger partial charge in [0.2, 0.25) is 0 Å². The average molecular weight is 485 g/mol. The second-order valence-corrected chi connectivity index (χ2v) is 8.34. The van der Waals surface area contributed by atoms with Crippen LogP contribution in [0.1, 0.15) is 46.6 Å². The van der Waals surface area contributed by atoms with E-state index in [1.54, 1.807) is 6.07 Å². The van der Waals surface area contributed by atoms with E-state index < -0.39 is 5.97 Å². The number of ether oxygens (including phenoxy) is 1. The normalized spacial score (nSPS) is 13.5. The zero-order valence-corrected chi connectivity index (χ0v) is 18.4. The maximum atomic E-state index is 11.3. The molecule has 2 aromatic carbocycles. The number of aromatic carboxylic acids is 1. The number of pyridine rings is 1. The number of benzene rings is 2. The fourth-order valence-electron chi connectivity index (χ4n) is 3.68. The van der Waals surface area contributed by atoms with E-state index in [9.17, 15) is 9.90 Å². The molecule has 0 saturated heterocycles. The van der Waals surface area contributed by atoms with E-state index in [2.05, 4.69) is 20.9 Å². The van der Waals surface area contributed by atoms with Gasteiger partial charge >= 0.3 is 5.97 Å². The van der Waals surface area contributed by atoms with Crippen LogP contribution in [0.25, 0.3) is 11.1 Å². The topological polar surface area (TPSA) is 59.4 Å². The van der Waals surface area contributed by atoms with Gasteiger partial charge in [0, 0.05) is 20.6 Å². The molecule has 0 radical (unpaired) electrons. The molecule has 0 atom stereocenters. The molecule has 0 spiro atoms. The minimum atomic E-state index is -1.03. The molecule has 6 heteroatoms. The highest BCUT2D eigenvalue weighted by Gasteiger charge is 2.22. The molecule has 0 amide bonds. The lowest BCUT2D eigenvalue weighted by Crippen LogP contribution is -2.03. The summed E-state index contributed by atoms with van der Waals surface area (Å²) in [5.41, 5.74) is 4.88. The van der Waals surface area contributed by atoms with Crippen LogP contribution in [0, 0.1) is 0 Å². The van der Waals surface area contributed by atoms with Gasteiger partial charge in [-0.1, -0.05) is 51.8 Å². The fourth-order valence-corrected chi connectivity index (χ4v) is 4.25. The van der Waals surface area contributed by atoms with Crippen LogP contribution in [0.2, 0.25) is 5.02 Å². The summed E-state index contributed by atoms with van der Waals surface area (Å²) in [6, 6.07) is 18.7. The summed E-state index contributed by atoms with van der Waals surface area (Å²) in [6.45, 7) is 0.422. The summed E-state index contributed by atoms with van der Waals surface area (Å²) in [6.07, 6.45) is 2.67. The van der Waals surface area contributed by atoms with E-state index in [-0.39, 0.29) is 5.69 Å². The van der Waals surface area contributed by atoms with Crippen LogP contribution in [-0.2, 0) is 6.61 Å². The van der Waals surface area contributed by atoms with Gasteiger partial charge in [0.15, 0.2) is 0 Å². The molecular weight excluding hydrogens is 466 g/mol. The molecule has 1 heterocycles. The Hall–Kier alpha value is -2.63. The third kappa shape index (κ3) is 4.42. The molecule has 0 saturated carbocycles. The molecule has 0 aliphatic heterocycles. The minimum Gasteiger partial charge on any atom is -0.488 e. The van der Waals surface area contributed by atoms with Gasteiger partial charge in [-0.25, -0.2) is 9.78 Å². The van der Waals surface area contributed by atoms with Crippen LogP contribution < -0.4 is 4.74 Å². The van der Waals surface area contributed by atoms with Gasteiger partial charge in [0.25, 0.3) is 0 Å². The smallest absolute Gasteiger partial charge is 0.354 e. The Morgan fingerprint density at radius 3 is 2.67 bits per heavy atom. The lowest BCUT2D eigenvalue weighted by molar-refractivity contribution is 0.0690. The monoisotopic (exact) mass is 483 g/mol. The standard InChI is InChI=1S/C24H19BrClNO3/c25-20-8-2-1-5-15(20)14-30-23-12-11-16(26)13-19(23)17-6-3-7-18(17)21-9-4-10-22(27-21)24(28)29/h1-2,4-5,8-13H,3,6-7,14H2,(H,28,29). The van der Waals surface area contributed by atoms with Gasteiger partial charge in [0.1, 0.15) is 18.1 Å². The Kier molecular flexibility index (Phi) is 6.21.